The Labute approximate surface area is 179 Å². The summed E-state index contributed by atoms with van der Waals surface area (Å²) in [4.78, 5) is 12.1. The number of carbonyl (C=O) groups excluding carboxylic acids is 1. The predicted molar refractivity (Wildman–Crippen MR) is 116 cm³/mol. The topological polar surface area (TPSA) is 93.7 Å². The van der Waals surface area contributed by atoms with Crippen LogP contribution in [-0.2, 0) is 14.8 Å². The summed E-state index contributed by atoms with van der Waals surface area (Å²) in [6, 6.07) is 19.0. The summed E-state index contributed by atoms with van der Waals surface area (Å²) in [5.41, 5.74) is 0.844. The monoisotopic (exact) mass is 446 g/mol. The minimum Gasteiger partial charge on any atom is -0.497 e. The lowest BCUT2D eigenvalue weighted by molar-refractivity contribution is -0.118. The SMILES string of the molecule is COc1ccc(OCC(=O)Nc2ccc(S(=O)(=O)Nc3ccc(Cl)cc3)cc2)cc1. The molecular formula is C21H19ClN2O5S. The molecule has 0 saturated carbocycles. The lowest BCUT2D eigenvalue weighted by Gasteiger charge is -2.10. The van der Waals surface area contributed by atoms with Crippen molar-refractivity contribution in [3.63, 3.8) is 0 Å². The van der Waals surface area contributed by atoms with Gasteiger partial charge < -0.3 is 14.8 Å². The van der Waals surface area contributed by atoms with Gasteiger partial charge in [-0.2, -0.15) is 0 Å². The van der Waals surface area contributed by atoms with Crippen LogP contribution in [-0.4, -0.2) is 28.0 Å². The fourth-order valence-corrected chi connectivity index (χ4v) is 3.65. The van der Waals surface area contributed by atoms with Crippen molar-refractivity contribution in [1.82, 2.24) is 0 Å². The maximum absolute atomic E-state index is 12.5. The molecule has 9 heteroatoms. The van der Waals surface area contributed by atoms with Crippen molar-refractivity contribution in [2.75, 3.05) is 23.8 Å². The molecule has 7 nitrogen and oxygen atoms in total. The minimum atomic E-state index is -3.76. The summed E-state index contributed by atoms with van der Waals surface area (Å²) in [6.07, 6.45) is 0. The molecule has 0 saturated heterocycles. The Morgan fingerprint density at radius 3 is 2.03 bits per heavy atom. The summed E-state index contributed by atoms with van der Waals surface area (Å²) < 4.78 is 37.9. The van der Waals surface area contributed by atoms with Crippen molar-refractivity contribution >= 4 is 38.9 Å². The Hall–Kier alpha value is -3.23. The Balaban J connectivity index is 1.56. The molecule has 1 amide bonds. The first-order valence-electron chi connectivity index (χ1n) is 8.81. The highest BCUT2D eigenvalue weighted by atomic mass is 35.5. The van der Waals surface area contributed by atoms with Crippen molar-refractivity contribution in [2.45, 2.75) is 4.90 Å². The molecule has 0 unspecified atom stereocenters. The number of benzene rings is 3. The molecule has 3 aromatic rings. The first-order valence-corrected chi connectivity index (χ1v) is 10.7. The van der Waals surface area contributed by atoms with E-state index in [9.17, 15) is 13.2 Å². The van der Waals surface area contributed by atoms with Crippen molar-refractivity contribution in [3.05, 3.63) is 77.8 Å². The summed E-state index contributed by atoms with van der Waals surface area (Å²) in [5.74, 6) is 0.841. The molecule has 0 aliphatic heterocycles. The predicted octanol–water partition coefficient (Wildman–Crippen LogP) is 4.17. The number of rotatable bonds is 8. The van der Waals surface area contributed by atoms with E-state index in [2.05, 4.69) is 10.0 Å². The summed E-state index contributed by atoms with van der Waals surface area (Å²) in [6.45, 7) is -0.190. The lowest BCUT2D eigenvalue weighted by atomic mass is 10.3. The highest BCUT2D eigenvalue weighted by Crippen LogP contribution is 2.20. The number of anilines is 2. The molecule has 0 aromatic heterocycles. The van der Waals surface area contributed by atoms with E-state index in [1.54, 1.807) is 55.6 Å². The summed E-state index contributed by atoms with van der Waals surface area (Å²) >= 11 is 5.80. The number of amides is 1. The largest absolute Gasteiger partial charge is 0.497 e. The molecule has 0 aliphatic carbocycles. The van der Waals surface area contributed by atoms with Crippen LogP contribution in [0.5, 0.6) is 11.5 Å². The third-order valence-electron chi connectivity index (χ3n) is 3.97. The quantitative estimate of drug-likeness (QED) is 0.541. The van der Waals surface area contributed by atoms with Gasteiger partial charge in [-0.3, -0.25) is 9.52 Å². The molecule has 156 valence electrons. The van der Waals surface area contributed by atoms with Crippen LogP contribution in [0.4, 0.5) is 11.4 Å². The van der Waals surface area contributed by atoms with Crippen molar-refractivity contribution in [2.24, 2.45) is 0 Å². The van der Waals surface area contributed by atoms with Gasteiger partial charge in [0.15, 0.2) is 6.61 Å². The van der Waals surface area contributed by atoms with Crippen LogP contribution in [0.25, 0.3) is 0 Å². The van der Waals surface area contributed by atoms with E-state index < -0.39 is 10.0 Å². The van der Waals surface area contributed by atoms with Crippen LogP contribution in [0.3, 0.4) is 0 Å². The second-order valence-electron chi connectivity index (χ2n) is 6.15. The molecule has 0 atom stereocenters. The van der Waals surface area contributed by atoms with Gasteiger partial charge in [0.1, 0.15) is 11.5 Å². The lowest BCUT2D eigenvalue weighted by Crippen LogP contribution is -2.20. The van der Waals surface area contributed by atoms with E-state index in [1.165, 1.54) is 24.3 Å². The Morgan fingerprint density at radius 2 is 1.43 bits per heavy atom. The van der Waals surface area contributed by atoms with Gasteiger partial charge in [0.05, 0.1) is 12.0 Å². The second-order valence-corrected chi connectivity index (χ2v) is 8.27. The van der Waals surface area contributed by atoms with Crippen LogP contribution in [0.2, 0.25) is 5.02 Å². The number of ether oxygens (including phenoxy) is 2. The van der Waals surface area contributed by atoms with Crippen LogP contribution in [0.1, 0.15) is 0 Å². The average Bonchev–Trinajstić information content (AvgIpc) is 2.74. The first-order chi connectivity index (χ1) is 14.4. The molecular weight excluding hydrogens is 428 g/mol. The third kappa shape index (κ3) is 5.88. The molecule has 2 N–H and O–H groups in total. The van der Waals surface area contributed by atoms with Gasteiger partial charge in [-0.15, -0.1) is 0 Å². The van der Waals surface area contributed by atoms with Crippen molar-refractivity contribution < 1.29 is 22.7 Å². The van der Waals surface area contributed by atoms with Crippen molar-refractivity contribution in [3.8, 4) is 11.5 Å². The molecule has 0 bridgehead atoms. The fraction of sp³-hybridized carbons (Fsp3) is 0.0952. The fourth-order valence-electron chi connectivity index (χ4n) is 2.47. The van der Waals surface area contributed by atoms with Gasteiger partial charge in [-0.05, 0) is 72.8 Å². The normalized spacial score (nSPS) is 10.9. The molecule has 0 spiro atoms. The molecule has 0 radical (unpaired) electrons. The number of hydrogen-bond acceptors (Lipinski definition) is 5. The zero-order chi connectivity index (χ0) is 21.6. The van der Waals surface area contributed by atoms with E-state index >= 15 is 0 Å². The summed E-state index contributed by atoms with van der Waals surface area (Å²) in [7, 11) is -2.20. The minimum absolute atomic E-state index is 0.0601. The smallest absolute Gasteiger partial charge is 0.262 e. The molecule has 3 rings (SSSR count). The van der Waals surface area contributed by atoms with Gasteiger partial charge in [-0.1, -0.05) is 11.6 Å². The van der Waals surface area contributed by atoms with Gasteiger partial charge in [0.2, 0.25) is 0 Å². The third-order valence-corrected chi connectivity index (χ3v) is 5.62. The Morgan fingerprint density at radius 1 is 0.867 bits per heavy atom. The second kappa shape index (κ2) is 9.51. The number of nitrogens with one attached hydrogen (secondary N) is 2. The van der Waals surface area contributed by atoms with Crippen molar-refractivity contribution in [1.29, 1.82) is 0 Å². The van der Waals surface area contributed by atoms with E-state index in [0.717, 1.165) is 0 Å². The van der Waals surface area contributed by atoms with Crippen LogP contribution < -0.4 is 19.5 Å². The van der Waals surface area contributed by atoms with Crippen LogP contribution in [0.15, 0.2) is 77.7 Å². The maximum atomic E-state index is 12.5. The zero-order valence-electron chi connectivity index (χ0n) is 16.0. The zero-order valence-corrected chi connectivity index (χ0v) is 17.5. The van der Waals surface area contributed by atoms with E-state index in [1.807, 2.05) is 0 Å². The van der Waals surface area contributed by atoms with Crippen LogP contribution in [0, 0.1) is 0 Å². The first kappa shape index (κ1) is 21.5. The average molecular weight is 447 g/mol. The number of methoxy groups -OCH3 is 1. The summed E-state index contributed by atoms with van der Waals surface area (Å²) in [5, 5.41) is 3.16. The number of halogens is 1. The van der Waals surface area contributed by atoms with Gasteiger partial charge in [-0.25, -0.2) is 8.42 Å². The van der Waals surface area contributed by atoms with Crippen LogP contribution >= 0.6 is 11.6 Å². The standard InChI is InChI=1S/C21H19ClN2O5S/c1-28-18-8-10-19(11-9-18)29-14-21(25)23-16-6-12-20(13-7-16)30(26,27)24-17-4-2-15(22)3-5-17/h2-13,24H,14H2,1H3,(H,23,25). The molecule has 0 fully saturated rings. The van der Waals surface area contributed by atoms with Gasteiger partial charge in [0.25, 0.3) is 15.9 Å². The molecule has 3 aromatic carbocycles. The maximum Gasteiger partial charge on any atom is 0.262 e. The Bertz CT molecular complexity index is 1100. The van der Waals surface area contributed by atoms with E-state index in [0.29, 0.717) is 27.9 Å². The Kier molecular flexibility index (Phi) is 6.81. The van der Waals surface area contributed by atoms with Gasteiger partial charge in [0, 0.05) is 16.4 Å². The van der Waals surface area contributed by atoms with E-state index in [4.69, 9.17) is 21.1 Å². The highest BCUT2D eigenvalue weighted by molar-refractivity contribution is 7.92. The number of carbonyl (C=O) groups is 1. The molecule has 0 heterocycles. The number of hydrogen-bond donors (Lipinski definition) is 2. The van der Waals surface area contributed by atoms with Gasteiger partial charge >= 0.3 is 0 Å². The molecule has 30 heavy (non-hydrogen) atoms. The number of sulfonamides is 1. The highest BCUT2D eigenvalue weighted by Gasteiger charge is 2.14. The molecule has 0 aliphatic rings. The van der Waals surface area contributed by atoms with E-state index in [-0.39, 0.29) is 17.4 Å².